The molecule has 1 aliphatic carbocycles. The molecule has 1 saturated heterocycles. The molecule has 2 atom stereocenters. The zero-order chi connectivity index (χ0) is 35.1. The van der Waals surface area contributed by atoms with Gasteiger partial charge in [-0.2, -0.15) is 0 Å². The Labute approximate surface area is 300 Å². The molecule has 268 valence electrons. The van der Waals surface area contributed by atoms with E-state index in [9.17, 15) is 19.2 Å². The molecule has 0 bridgehead atoms. The number of para-hydroxylation sites is 1. The number of amides is 5. The summed E-state index contributed by atoms with van der Waals surface area (Å²) < 4.78 is 10.8. The third-order valence-corrected chi connectivity index (χ3v) is 9.25. The lowest BCUT2D eigenvalue weighted by molar-refractivity contribution is -0.144. The number of ether oxygens (including phenoxy) is 2. The summed E-state index contributed by atoms with van der Waals surface area (Å²) in [5.41, 5.74) is 2.68. The minimum Gasteiger partial charge on any atom is -0.495 e. The number of aryl methyl sites for hydroxylation is 1. The number of methoxy groups -OCH3 is 1. The fourth-order valence-electron chi connectivity index (χ4n) is 6.24. The first-order chi connectivity index (χ1) is 23.5. The van der Waals surface area contributed by atoms with Crippen LogP contribution in [0.25, 0.3) is 0 Å². The van der Waals surface area contributed by atoms with E-state index in [2.05, 4.69) is 16.0 Å². The molecule has 5 amide bonds. The molecule has 2 fully saturated rings. The Bertz CT molecular complexity index is 1660. The number of urea groups is 2. The van der Waals surface area contributed by atoms with Crippen LogP contribution in [-0.2, 0) is 20.9 Å². The molecule has 0 unspecified atom stereocenters. The van der Waals surface area contributed by atoms with Gasteiger partial charge in [0.15, 0.2) is 0 Å². The molecule has 0 spiro atoms. The highest BCUT2D eigenvalue weighted by molar-refractivity contribution is 6.07. The van der Waals surface area contributed by atoms with Crippen LogP contribution in [0.3, 0.4) is 0 Å². The number of hydrogen-bond acceptors (Lipinski definition) is 7. The lowest BCUT2D eigenvalue weighted by Gasteiger charge is -2.29. The van der Waals surface area contributed by atoms with E-state index in [1.807, 2.05) is 67.6 Å². The van der Waals surface area contributed by atoms with Gasteiger partial charge in [0.2, 0.25) is 0 Å². The van der Waals surface area contributed by atoms with Crippen molar-refractivity contribution in [3.05, 3.63) is 89.5 Å². The van der Waals surface area contributed by atoms with Crippen molar-refractivity contribution in [3.63, 3.8) is 0 Å². The van der Waals surface area contributed by atoms with Crippen molar-refractivity contribution in [2.75, 3.05) is 30.9 Å². The van der Waals surface area contributed by atoms with E-state index in [0.717, 1.165) is 29.5 Å². The zero-order valence-corrected chi connectivity index (χ0v) is 30.2. The molecule has 0 radical (unpaired) electrons. The largest absolute Gasteiger partial charge is 0.495 e. The normalized spacial score (nSPS) is 16.3. The minimum absolute atomic E-state index is 0. The standard InChI is InChI=1S/C38H47N5O6.ClH/c1-6-49-34(44)22-32(28-13-8-7-9-14-28)39-23-29(20-26-16-17-26)43-35(45)38(3,4)42(37(43)47)24-27-18-19-31(33(21-27)48-5)41-36(46)40-30-15-11-10-12-25(30)2;/h7-15,18-19,21,26,29,32,39H,6,16-17,20,22-24H2,1-5H3,(H2,40,41,46);1H/t29-,32-;/m0./s1. The maximum atomic E-state index is 14.2. The fraction of sp³-hybridized carbons (Fsp3) is 0.421. The number of hydrogen-bond donors (Lipinski definition) is 3. The summed E-state index contributed by atoms with van der Waals surface area (Å²) >= 11 is 0. The van der Waals surface area contributed by atoms with Gasteiger partial charge in [0.05, 0.1) is 31.9 Å². The van der Waals surface area contributed by atoms with Crippen LogP contribution in [0.15, 0.2) is 72.8 Å². The summed E-state index contributed by atoms with van der Waals surface area (Å²) in [5.74, 6) is 0.295. The highest BCUT2D eigenvalue weighted by atomic mass is 35.5. The van der Waals surface area contributed by atoms with Crippen LogP contribution in [0.4, 0.5) is 21.0 Å². The topological polar surface area (TPSA) is 129 Å². The first-order valence-corrected chi connectivity index (χ1v) is 16.9. The number of rotatable bonds is 15. The molecular formula is C38H48ClN5O6. The molecule has 3 N–H and O–H groups in total. The Hall–Kier alpha value is -4.61. The molecule has 50 heavy (non-hydrogen) atoms. The number of imide groups is 1. The second-order valence-electron chi connectivity index (χ2n) is 13.2. The maximum absolute atomic E-state index is 14.2. The summed E-state index contributed by atoms with van der Waals surface area (Å²) in [6.07, 6.45) is 2.95. The van der Waals surface area contributed by atoms with Gasteiger partial charge in [0.25, 0.3) is 5.91 Å². The highest BCUT2D eigenvalue weighted by Gasteiger charge is 2.53. The Morgan fingerprint density at radius 3 is 2.30 bits per heavy atom. The predicted octanol–water partition coefficient (Wildman–Crippen LogP) is 7.07. The first-order valence-electron chi connectivity index (χ1n) is 16.9. The van der Waals surface area contributed by atoms with Crippen molar-refractivity contribution in [3.8, 4) is 5.75 Å². The third-order valence-electron chi connectivity index (χ3n) is 9.25. The molecule has 12 heteroatoms. The van der Waals surface area contributed by atoms with Crippen molar-refractivity contribution < 1.29 is 28.7 Å². The number of carbonyl (C=O) groups excluding carboxylic acids is 4. The first kappa shape index (κ1) is 38.2. The quantitative estimate of drug-likeness (QED) is 0.114. The van der Waals surface area contributed by atoms with E-state index >= 15 is 0 Å². The molecule has 3 aromatic carbocycles. The van der Waals surface area contributed by atoms with Gasteiger partial charge in [-0.3, -0.25) is 14.5 Å². The van der Waals surface area contributed by atoms with Crippen LogP contribution in [0, 0.1) is 12.8 Å². The Morgan fingerprint density at radius 1 is 0.960 bits per heavy atom. The van der Waals surface area contributed by atoms with E-state index in [1.54, 1.807) is 37.8 Å². The second-order valence-corrected chi connectivity index (χ2v) is 13.2. The van der Waals surface area contributed by atoms with Crippen LogP contribution >= 0.6 is 12.4 Å². The highest BCUT2D eigenvalue weighted by Crippen LogP contribution is 2.39. The number of benzene rings is 3. The molecule has 3 aromatic rings. The number of anilines is 2. The molecule has 1 heterocycles. The van der Waals surface area contributed by atoms with Crippen LogP contribution in [0.5, 0.6) is 5.75 Å². The summed E-state index contributed by atoms with van der Waals surface area (Å²) in [6, 6.07) is 21.0. The van der Waals surface area contributed by atoms with Gasteiger partial charge in [0, 0.05) is 24.8 Å². The summed E-state index contributed by atoms with van der Waals surface area (Å²) in [5, 5.41) is 9.19. The van der Waals surface area contributed by atoms with Crippen LogP contribution in [-0.4, -0.2) is 65.6 Å². The maximum Gasteiger partial charge on any atom is 0.328 e. The van der Waals surface area contributed by atoms with Crippen molar-refractivity contribution in [1.29, 1.82) is 0 Å². The van der Waals surface area contributed by atoms with E-state index in [0.29, 0.717) is 42.6 Å². The van der Waals surface area contributed by atoms with Gasteiger partial charge in [-0.15, -0.1) is 12.4 Å². The Kier molecular flexibility index (Phi) is 12.9. The van der Waals surface area contributed by atoms with Gasteiger partial charge >= 0.3 is 18.0 Å². The summed E-state index contributed by atoms with van der Waals surface area (Å²) in [6.45, 7) is 8.03. The van der Waals surface area contributed by atoms with Crippen molar-refractivity contribution in [2.45, 2.75) is 77.5 Å². The third kappa shape index (κ3) is 9.13. The van der Waals surface area contributed by atoms with E-state index in [1.165, 1.54) is 12.0 Å². The minimum atomic E-state index is -1.10. The lowest BCUT2D eigenvalue weighted by atomic mass is 10.0. The van der Waals surface area contributed by atoms with Crippen LogP contribution < -0.4 is 20.7 Å². The Morgan fingerprint density at radius 2 is 1.64 bits per heavy atom. The molecule has 1 aliphatic heterocycles. The van der Waals surface area contributed by atoms with E-state index < -0.39 is 17.6 Å². The van der Waals surface area contributed by atoms with Crippen molar-refractivity contribution >= 4 is 47.7 Å². The molecule has 2 aliphatic rings. The molecule has 11 nitrogen and oxygen atoms in total. The predicted molar refractivity (Wildman–Crippen MR) is 195 cm³/mol. The van der Waals surface area contributed by atoms with Gasteiger partial charge in [-0.25, -0.2) is 9.59 Å². The zero-order valence-electron chi connectivity index (χ0n) is 29.4. The van der Waals surface area contributed by atoms with Gasteiger partial charge < -0.3 is 30.3 Å². The Balaban J connectivity index is 0.00000562. The summed E-state index contributed by atoms with van der Waals surface area (Å²) in [4.78, 5) is 56.5. The molecular weight excluding hydrogens is 658 g/mol. The van der Waals surface area contributed by atoms with Crippen molar-refractivity contribution in [1.82, 2.24) is 15.1 Å². The molecule has 1 saturated carbocycles. The average molecular weight is 706 g/mol. The fourth-order valence-corrected chi connectivity index (χ4v) is 6.24. The lowest BCUT2D eigenvalue weighted by Crippen LogP contribution is -2.48. The molecule has 5 rings (SSSR count). The van der Waals surface area contributed by atoms with E-state index in [-0.39, 0.29) is 49.3 Å². The number of nitrogens with zero attached hydrogens (tertiary/aromatic N) is 2. The number of carbonyl (C=O) groups is 4. The molecule has 0 aromatic heterocycles. The SMILES string of the molecule is CCOC(=O)C[C@H](NC[C@H](CC1CC1)N1C(=O)N(Cc2ccc(NC(=O)Nc3ccccc3C)c(OC)c2)C(C)(C)C1=O)c1ccccc1.Cl. The van der Waals surface area contributed by atoms with Crippen LogP contribution in [0.1, 0.15) is 69.2 Å². The van der Waals surface area contributed by atoms with E-state index in [4.69, 9.17) is 9.47 Å². The van der Waals surface area contributed by atoms with Gasteiger partial charge in [-0.1, -0.05) is 67.4 Å². The van der Waals surface area contributed by atoms with Gasteiger partial charge in [0.1, 0.15) is 11.3 Å². The van der Waals surface area contributed by atoms with Crippen LogP contribution in [0.2, 0.25) is 0 Å². The number of nitrogens with one attached hydrogen (secondary N) is 3. The average Bonchev–Trinajstić information content (AvgIpc) is 3.89. The van der Waals surface area contributed by atoms with Crippen molar-refractivity contribution in [2.24, 2.45) is 5.92 Å². The van der Waals surface area contributed by atoms with Gasteiger partial charge in [-0.05, 0) is 74.9 Å². The smallest absolute Gasteiger partial charge is 0.328 e. The number of halogens is 1. The monoisotopic (exact) mass is 705 g/mol. The second kappa shape index (κ2) is 16.9. The summed E-state index contributed by atoms with van der Waals surface area (Å²) in [7, 11) is 1.51. The number of esters is 1.